The largest absolute Gasteiger partial charge is 0.382 e. The van der Waals surface area contributed by atoms with E-state index in [0.717, 1.165) is 17.7 Å². The summed E-state index contributed by atoms with van der Waals surface area (Å²) in [6.45, 7) is 4.42. The van der Waals surface area contributed by atoms with Gasteiger partial charge >= 0.3 is 0 Å². The topological polar surface area (TPSA) is 69.9 Å². The van der Waals surface area contributed by atoms with Crippen LogP contribution in [0.3, 0.4) is 0 Å². The van der Waals surface area contributed by atoms with Crippen LogP contribution in [0.1, 0.15) is 19.4 Å². The van der Waals surface area contributed by atoms with E-state index in [0.29, 0.717) is 11.7 Å². The fourth-order valence-electron chi connectivity index (χ4n) is 1.86. The highest BCUT2D eigenvalue weighted by Crippen LogP contribution is 2.23. The standard InChI is InChI=1S/C13H18N4/c1-9(2)7-10-3-5-11(6-4-10)12-13(14)17(15)8-16-12/h3-6,8-9H,7,14-15H2,1-2H3. The van der Waals surface area contributed by atoms with Crippen LogP contribution < -0.4 is 11.6 Å². The molecule has 0 fully saturated rings. The number of benzene rings is 1. The van der Waals surface area contributed by atoms with Crippen molar-refractivity contribution in [3.05, 3.63) is 36.2 Å². The van der Waals surface area contributed by atoms with Gasteiger partial charge in [0.25, 0.3) is 0 Å². The smallest absolute Gasteiger partial charge is 0.150 e. The van der Waals surface area contributed by atoms with E-state index < -0.39 is 0 Å². The summed E-state index contributed by atoms with van der Waals surface area (Å²) >= 11 is 0. The SMILES string of the molecule is CC(C)Cc1ccc(-c2ncn(N)c2N)cc1. The molecule has 1 heterocycles. The first kappa shape index (κ1) is 11.5. The third kappa shape index (κ3) is 2.41. The van der Waals surface area contributed by atoms with Crippen molar-refractivity contribution < 1.29 is 0 Å². The van der Waals surface area contributed by atoms with Crippen LogP contribution in [-0.2, 0) is 6.42 Å². The van der Waals surface area contributed by atoms with Crippen LogP contribution in [0.5, 0.6) is 0 Å². The molecule has 4 N–H and O–H groups in total. The molecule has 0 radical (unpaired) electrons. The van der Waals surface area contributed by atoms with Gasteiger partial charge in [-0.2, -0.15) is 0 Å². The van der Waals surface area contributed by atoms with E-state index in [-0.39, 0.29) is 0 Å². The summed E-state index contributed by atoms with van der Waals surface area (Å²) in [6.07, 6.45) is 2.60. The van der Waals surface area contributed by atoms with Gasteiger partial charge in [0.1, 0.15) is 17.8 Å². The number of nitrogens with zero attached hydrogens (tertiary/aromatic N) is 2. The molecule has 0 saturated heterocycles. The monoisotopic (exact) mass is 230 g/mol. The molecule has 0 bridgehead atoms. The second-order valence-electron chi connectivity index (χ2n) is 4.68. The van der Waals surface area contributed by atoms with Gasteiger partial charge in [-0.15, -0.1) is 0 Å². The van der Waals surface area contributed by atoms with Gasteiger partial charge in [-0.05, 0) is 17.9 Å². The summed E-state index contributed by atoms with van der Waals surface area (Å²) in [7, 11) is 0. The Kier molecular flexibility index (Phi) is 3.04. The van der Waals surface area contributed by atoms with Crippen molar-refractivity contribution in [3.63, 3.8) is 0 Å². The Labute approximate surface area is 101 Å². The highest BCUT2D eigenvalue weighted by atomic mass is 15.3. The number of nitrogens with two attached hydrogens (primary N) is 2. The van der Waals surface area contributed by atoms with Crippen molar-refractivity contribution in [1.29, 1.82) is 0 Å². The van der Waals surface area contributed by atoms with E-state index >= 15 is 0 Å². The van der Waals surface area contributed by atoms with Gasteiger partial charge in [-0.1, -0.05) is 38.1 Å². The summed E-state index contributed by atoms with van der Waals surface area (Å²) in [4.78, 5) is 4.19. The predicted octanol–water partition coefficient (Wildman–Crippen LogP) is 2.04. The molecule has 0 unspecified atom stereocenters. The lowest BCUT2D eigenvalue weighted by Crippen LogP contribution is -2.09. The maximum absolute atomic E-state index is 5.83. The zero-order valence-electron chi connectivity index (χ0n) is 10.2. The maximum Gasteiger partial charge on any atom is 0.150 e. The number of nitrogen functional groups attached to an aromatic ring is 2. The van der Waals surface area contributed by atoms with Crippen LogP contribution in [0, 0.1) is 5.92 Å². The lowest BCUT2D eigenvalue weighted by Gasteiger charge is -2.06. The molecular formula is C13H18N4. The molecule has 90 valence electrons. The molecule has 0 aliphatic carbocycles. The highest BCUT2D eigenvalue weighted by molar-refractivity contribution is 5.70. The summed E-state index contributed by atoms with van der Waals surface area (Å²) in [5, 5.41) is 0. The summed E-state index contributed by atoms with van der Waals surface area (Å²) in [5.74, 6) is 6.75. The summed E-state index contributed by atoms with van der Waals surface area (Å²) in [5.41, 5.74) is 8.90. The van der Waals surface area contributed by atoms with Crippen molar-refractivity contribution >= 4 is 5.82 Å². The van der Waals surface area contributed by atoms with Gasteiger partial charge < -0.3 is 11.6 Å². The number of aromatic nitrogens is 2. The minimum Gasteiger partial charge on any atom is -0.382 e. The predicted molar refractivity (Wildman–Crippen MR) is 70.8 cm³/mol. The molecule has 4 nitrogen and oxygen atoms in total. The van der Waals surface area contributed by atoms with Crippen LogP contribution in [-0.4, -0.2) is 9.66 Å². The van der Waals surface area contributed by atoms with E-state index in [1.54, 1.807) is 0 Å². The first-order chi connectivity index (χ1) is 8.08. The zero-order valence-corrected chi connectivity index (χ0v) is 10.2. The fourth-order valence-corrected chi connectivity index (χ4v) is 1.86. The molecule has 0 saturated carbocycles. The van der Waals surface area contributed by atoms with Gasteiger partial charge in [-0.25, -0.2) is 9.66 Å². The maximum atomic E-state index is 5.83. The normalized spacial score (nSPS) is 11.0. The zero-order chi connectivity index (χ0) is 12.4. The van der Waals surface area contributed by atoms with E-state index in [9.17, 15) is 0 Å². The van der Waals surface area contributed by atoms with Crippen molar-refractivity contribution in [3.8, 4) is 11.3 Å². The second kappa shape index (κ2) is 4.49. The number of hydrogen-bond donors (Lipinski definition) is 2. The Morgan fingerprint density at radius 1 is 1.24 bits per heavy atom. The molecular weight excluding hydrogens is 212 g/mol. The molecule has 2 rings (SSSR count). The summed E-state index contributed by atoms with van der Waals surface area (Å²) < 4.78 is 1.33. The van der Waals surface area contributed by atoms with Crippen LogP contribution in [0.25, 0.3) is 11.3 Å². The molecule has 0 spiro atoms. The van der Waals surface area contributed by atoms with Gasteiger partial charge in [0.2, 0.25) is 0 Å². The van der Waals surface area contributed by atoms with Gasteiger partial charge in [0.15, 0.2) is 0 Å². The third-order valence-electron chi connectivity index (χ3n) is 2.70. The lowest BCUT2D eigenvalue weighted by atomic mass is 10.0. The average molecular weight is 230 g/mol. The third-order valence-corrected chi connectivity index (χ3v) is 2.70. The molecule has 0 amide bonds. The second-order valence-corrected chi connectivity index (χ2v) is 4.68. The number of anilines is 1. The van der Waals surface area contributed by atoms with Gasteiger partial charge in [0, 0.05) is 5.56 Å². The van der Waals surface area contributed by atoms with Crippen molar-refractivity contribution in [2.45, 2.75) is 20.3 Å². The molecule has 0 atom stereocenters. The van der Waals surface area contributed by atoms with Crippen LogP contribution in [0.2, 0.25) is 0 Å². The van der Waals surface area contributed by atoms with E-state index in [1.165, 1.54) is 16.6 Å². The molecule has 17 heavy (non-hydrogen) atoms. The number of imidazole rings is 1. The van der Waals surface area contributed by atoms with Crippen molar-refractivity contribution in [2.75, 3.05) is 11.6 Å². The van der Waals surface area contributed by atoms with E-state index in [2.05, 4.69) is 31.0 Å². The Morgan fingerprint density at radius 2 is 1.88 bits per heavy atom. The first-order valence-corrected chi connectivity index (χ1v) is 5.75. The summed E-state index contributed by atoms with van der Waals surface area (Å²) in [6, 6.07) is 8.31. The van der Waals surface area contributed by atoms with E-state index in [4.69, 9.17) is 11.6 Å². The van der Waals surface area contributed by atoms with Crippen molar-refractivity contribution in [1.82, 2.24) is 9.66 Å². The molecule has 1 aromatic heterocycles. The Bertz CT molecular complexity index is 497. The average Bonchev–Trinajstić information content (AvgIpc) is 2.60. The Morgan fingerprint density at radius 3 is 2.35 bits per heavy atom. The Balaban J connectivity index is 2.26. The molecule has 0 aliphatic rings. The van der Waals surface area contributed by atoms with Crippen molar-refractivity contribution in [2.24, 2.45) is 5.92 Å². The van der Waals surface area contributed by atoms with Crippen LogP contribution >= 0.6 is 0 Å². The molecule has 2 aromatic rings. The van der Waals surface area contributed by atoms with Gasteiger partial charge in [0.05, 0.1) is 0 Å². The molecule has 0 aliphatic heterocycles. The minimum atomic E-state index is 0.488. The highest BCUT2D eigenvalue weighted by Gasteiger charge is 2.08. The lowest BCUT2D eigenvalue weighted by molar-refractivity contribution is 0.647. The number of rotatable bonds is 3. The van der Waals surface area contributed by atoms with E-state index in [1.807, 2.05) is 12.1 Å². The number of hydrogen-bond acceptors (Lipinski definition) is 3. The first-order valence-electron chi connectivity index (χ1n) is 5.75. The quantitative estimate of drug-likeness (QED) is 0.793. The van der Waals surface area contributed by atoms with Crippen LogP contribution in [0.15, 0.2) is 30.6 Å². The molecule has 1 aromatic carbocycles. The van der Waals surface area contributed by atoms with Gasteiger partial charge in [-0.3, -0.25) is 0 Å². The van der Waals surface area contributed by atoms with Crippen LogP contribution in [0.4, 0.5) is 5.82 Å². The molecule has 4 heteroatoms. The minimum absolute atomic E-state index is 0.488. The Hall–Kier alpha value is -1.97. The fraction of sp³-hybridized carbons (Fsp3) is 0.308.